The maximum absolute atomic E-state index is 5.87. The van der Waals surface area contributed by atoms with Gasteiger partial charge in [0.15, 0.2) is 0 Å². The quantitative estimate of drug-likeness (QED) is 0.751. The standard InChI is InChI=1S/C12H25NO/c1-12(2,3)7-8-14-11-6-5-10(9-11)13-4/h10-11,13H,5-9H2,1-4H3. The van der Waals surface area contributed by atoms with Crippen LogP contribution in [0.4, 0.5) is 0 Å². The Hall–Kier alpha value is -0.0800. The van der Waals surface area contributed by atoms with Crippen molar-refractivity contribution in [3.63, 3.8) is 0 Å². The minimum Gasteiger partial charge on any atom is -0.378 e. The monoisotopic (exact) mass is 199 g/mol. The van der Waals surface area contributed by atoms with E-state index in [-0.39, 0.29) is 0 Å². The van der Waals surface area contributed by atoms with Gasteiger partial charge in [-0.25, -0.2) is 0 Å². The first-order chi connectivity index (χ1) is 6.51. The highest BCUT2D eigenvalue weighted by Crippen LogP contribution is 2.24. The van der Waals surface area contributed by atoms with Crippen molar-refractivity contribution in [1.29, 1.82) is 0 Å². The van der Waals surface area contributed by atoms with E-state index in [1.54, 1.807) is 0 Å². The lowest BCUT2D eigenvalue weighted by atomic mass is 9.93. The Morgan fingerprint density at radius 2 is 2.00 bits per heavy atom. The Balaban J connectivity index is 2.09. The third kappa shape index (κ3) is 4.43. The lowest BCUT2D eigenvalue weighted by molar-refractivity contribution is 0.0411. The van der Waals surface area contributed by atoms with Crippen LogP contribution in [0.2, 0.25) is 0 Å². The fourth-order valence-corrected chi connectivity index (χ4v) is 1.89. The van der Waals surface area contributed by atoms with E-state index in [2.05, 4.69) is 26.1 Å². The van der Waals surface area contributed by atoms with Gasteiger partial charge in [0.2, 0.25) is 0 Å². The van der Waals surface area contributed by atoms with Gasteiger partial charge in [-0.15, -0.1) is 0 Å². The molecule has 0 aliphatic heterocycles. The molecule has 1 saturated carbocycles. The van der Waals surface area contributed by atoms with Crippen molar-refractivity contribution in [3.8, 4) is 0 Å². The summed E-state index contributed by atoms with van der Waals surface area (Å²) >= 11 is 0. The highest BCUT2D eigenvalue weighted by molar-refractivity contribution is 4.80. The SMILES string of the molecule is CNC1CCC(OCCC(C)(C)C)C1. The molecule has 84 valence electrons. The number of nitrogens with one attached hydrogen (secondary N) is 1. The fraction of sp³-hybridized carbons (Fsp3) is 1.00. The van der Waals surface area contributed by atoms with Gasteiger partial charge >= 0.3 is 0 Å². The first kappa shape index (κ1) is 12.0. The van der Waals surface area contributed by atoms with Gasteiger partial charge in [0, 0.05) is 12.6 Å². The summed E-state index contributed by atoms with van der Waals surface area (Å²) in [5.74, 6) is 0. The summed E-state index contributed by atoms with van der Waals surface area (Å²) in [4.78, 5) is 0. The molecule has 0 heterocycles. The average molecular weight is 199 g/mol. The van der Waals surface area contributed by atoms with Gasteiger partial charge in [0.05, 0.1) is 6.10 Å². The predicted molar refractivity (Wildman–Crippen MR) is 60.5 cm³/mol. The molecule has 1 N–H and O–H groups in total. The molecule has 14 heavy (non-hydrogen) atoms. The molecule has 0 saturated heterocycles. The van der Waals surface area contributed by atoms with Gasteiger partial charge in [-0.05, 0) is 38.1 Å². The molecule has 1 fully saturated rings. The van der Waals surface area contributed by atoms with Crippen molar-refractivity contribution >= 4 is 0 Å². The average Bonchev–Trinajstić information content (AvgIpc) is 2.50. The number of ether oxygens (including phenoxy) is 1. The maximum Gasteiger partial charge on any atom is 0.0590 e. The second kappa shape index (κ2) is 5.13. The summed E-state index contributed by atoms with van der Waals surface area (Å²) in [5.41, 5.74) is 0.404. The van der Waals surface area contributed by atoms with Crippen LogP contribution in [0.1, 0.15) is 46.5 Å². The van der Waals surface area contributed by atoms with Crippen molar-refractivity contribution < 1.29 is 4.74 Å². The molecule has 0 aromatic carbocycles. The number of rotatable bonds is 4. The van der Waals surface area contributed by atoms with Crippen molar-refractivity contribution in [2.24, 2.45) is 5.41 Å². The van der Waals surface area contributed by atoms with Crippen LogP contribution in [-0.2, 0) is 4.74 Å². The van der Waals surface area contributed by atoms with E-state index in [1.807, 2.05) is 7.05 Å². The first-order valence-electron chi connectivity index (χ1n) is 5.80. The van der Waals surface area contributed by atoms with E-state index in [0.29, 0.717) is 17.6 Å². The van der Waals surface area contributed by atoms with Gasteiger partial charge in [-0.2, -0.15) is 0 Å². The summed E-state index contributed by atoms with van der Waals surface area (Å²) in [6.45, 7) is 7.72. The van der Waals surface area contributed by atoms with E-state index in [4.69, 9.17) is 4.74 Å². The van der Waals surface area contributed by atoms with Crippen LogP contribution in [0.3, 0.4) is 0 Å². The highest BCUT2D eigenvalue weighted by atomic mass is 16.5. The van der Waals surface area contributed by atoms with Crippen LogP contribution in [0, 0.1) is 5.41 Å². The molecule has 1 aliphatic carbocycles. The zero-order chi connectivity index (χ0) is 10.6. The Kier molecular flexibility index (Phi) is 4.39. The molecular formula is C12H25NO. The van der Waals surface area contributed by atoms with E-state index in [0.717, 1.165) is 13.0 Å². The maximum atomic E-state index is 5.87. The second-order valence-electron chi connectivity index (χ2n) is 5.60. The van der Waals surface area contributed by atoms with Gasteiger partial charge in [-0.3, -0.25) is 0 Å². The zero-order valence-corrected chi connectivity index (χ0v) is 10.1. The van der Waals surface area contributed by atoms with Gasteiger partial charge in [0.25, 0.3) is 0 Å². The zero-order valence-electron chi connectivity index (χ0n) is 10.1. The molecule has 0 aromatic heterocycles. The Morgan fingerprint density at radius 1 is 1.29 bits per heavy atom. The lowest BCUT2D eigenvalue weighted by Gasteiger charge is -2.19. The third-order valence-electron chi connectivity index (χ3n) is 3.00. The van der Waals surface area contributed by atoms with E-state index in [1.165, 1.54) is 19.3 Å². The van der Waals surface area contributed by atoms with Crippen molar-refractivity contribution in [1.82, 2.24) is 5.32 Å². The molecule has 0 amide bonds. The Labute approximate surface area is 88.4 Å². The van der Waals surface area contributed by atoms with E-state index >= 15 is 0 Å². The summed E-state index contributed by atoms with van der Waals surface area (Å²) in [6.07, 6.45) is 5.37. The summed E-state index contributed by atoms with van der Waals surface area (Å²) < 4.78 is 5.87. The fourth-order valence-electron chi connectivity index (χ4n) is 1.89. The minimum atomic E-state index is 0.404. The second-order valence-corrected chi connectivity index (χ2v) is 5.60. The number of hydrogen-bond donors (Lipinski definition) is 1. The highest BCUT2D eigenvalue weighted by Gasteiger charge is 2.24. The van der Waals surface area contributed by atoms with Crippen molar-refractivity contribution in [3.05, 3.63) is 0 Å². The molecule has 1 aliphatic rings. The largest absolute Gasteiger partial charge is 0.378 e. The summed E-state index contributed by atoms with van der Waals surface area (Å²) in [6, 6.07) is 0.689. The smallest absolute Gasteiger partial charge is 0.0590 e. The molecule has 0 aromatic rings. The first-order valence-corrected chi connectivity index (χ1v) is 5.80. The normalized spacial score (nSPS) is 28.3. The van der Waals surface area contributed by atoms with Crippen molar-refractivity contribution in [2.75, 3.05) is 13.7 Å². The lowest BCUT2D eigenvalue weighted by Crippen LogP contribution is -2.23. The van der Waals surface area contributed by atoms with Crippen LogP contribution >= 0.6 is 0 Å². The van der Waals surface area contributed by atoms with Crippen LogP contribution in [0.15, 0.2) is 0 Å². The topological polar surface area (TPSA) is 21.3 Å². The van der Waals surface area contributed by atoms with Crippen LogP contribution < -0.4 is 5.32 Å². The molecule has 0 bridgehead atoms. The van der Waals surface area contributed by atoms with E-state index in [9.17, 15) is 0 Å². The molecule has 0 radical (unpaired) electrons. The third-order valence-corrected chi connectivity index (χ3v) is 3.00. The predicted octanol–water partition coefficient (Wildman–Crippen LogP) is 2.58. The molecular weight excluding hydrogens is 174 g/mol. The Morgan fingerprint density at radius 3 is 2.50 bits per heavy atom. The summed E-state index contributed by atoms with van der Waals surface area (Å²) in [5, 5.41) is 3.32. The van der Waals surface area contributed by atoms with Crippen molar-refractivity contribution in [2.45, 2.75) is 58.6 Å². The minimum absolute atomic E-state index is 0.404. The van der Waals surface area contributed by atoms with Crippen LogP contribution in [0.25, 0.3) is 0 Å². The van der Waals surface area contributed by atoms with Gasteiger partial charge in [-0.1, -0.05) is 20.8 Å². The number of hydrogen-bond acceptors (Lipinski definition) is 2. The van der Waals surface area contributed by atoms with E-state index < -0.39 is 0 Å². The van der Waals surface area contributed by atoms with Crippen LogP contribution in [0.5, 0.6) is 0 Å². The molecule has 2 heteroatoms. The summed E-state index contributed by atoms with van der Waals surface area (Å²) in [7, 11) is 2.04. The Bertz CT molecular complexity index is 162. The van der Waals surface area contributed by atoms with Crippen LogP contribution in [-0.4, -0.2) is 25.8 Å². The molecule has 1 rings (SSSR count). The molecule has 2 unspecified atom stereocenters. The molecule has 0 spiro atoms. The van der Waals surface area contributed by atoms with Gasteiger partial charge in [0.1, 0.15) is 0 Å². The molecule has 2 nitrogen and oxygen atoms in total. The van der Waals surface area contributed by atoms with Gasteiger partial charge < -0.3 is 10.1 Å². The molecule has 2 atom stereocenters.